The van der Waals surface area contributed by atoms with Crippen molar-refractivity contribution in [1.29, 1.82) is 0 Å². The summed E-state index contributed by atoms with van der Waals surface area (Å²) in [6.07, 6.45) is 4.75. The molecular formula is C29H38N4O7. The lowest BCUT2D eigenvalue weighted by atomic mass is 9.80. The van der Waals surface area contributed by atoms with Crippen molar-refractivity contribution in [2.75, 3.05) is 19.8 Å². The van der Waals surface area contributed by atoms with E-state index in [0.717, 1.165) is 31.4 Å². The van der Waals surface area contributed by atoms with Gasteiger partial charge in [0, 0.05) is 35.3 Å². The fourth-order valence-electron chi connectivity index (χ4n) is 4.53. The van der Waals surface area contributed by atoms with E-state index >= 15 is 0 Å². The molecule has 0 aliphatic carbocycles. The average Bonchev–Trinajstić information content (AvgIpc) is 3.40. The van der Waals surface area contributed by atoms with Crippen LogP contribution in [0.1, 0.15) is 77.0 Å². The maximum Gasteiger partial charge on any atom is 0.336 e. The van der Waals surface area contributed by atoms with Crippen molar-refractivity contribution in [3.8, 4) is 5.88 Å². The molecule has 1 atom stereocenters. The molecule has 0 saturated carbocycles. The van der Waals surface area contributed by atoms with Crippen LogP contribution in [0.4, 0.5) is 5.69 Å². The number of aromatic amines is 1. The molecule has 0 amide bonds. The maximum atomic E-state index is 13.4. The van der Waals surface area contributed by atoms with E-state index in [4.69, 9.17) is 14.2 Å². The lowest BCUT2D eigenvalue weighted by molar-refractivity contribution is -0.384. The van der Waals surface area contributed by atoms with Gasteiger partial charge in [-0.25, -0.2) is 9.59 Å². The van der Waals surface area contributed by atoms with Gasteiger partial charge in [-0.1, -0.05) is 26.0 Å². The number of H-pyrrole nitrogens is 1. The Morgan fingerprint density at radius 2 is 1.60 bits per heavy atom. The second kappa shape index (κ2) is 14.9. The minimum Gasteiger partial charge on any atom is -0.477 e. The summed E-state index contributed by atoms with van der Waals surface area (Å²) in [5.74, 6) is -1.44. The lowest BCUT2D eigenvalue weighted by Gasteiger charge is -2.30. The van der Waals surface area contributed by atoms with Gasteiger partial charge in [0.15, 0.2) is 0 Å². The first-order chi connectivity index (χ1) is 19.3. The highest BCUT2D eigenvalue weighted by atomic mass is 16.6. The number of nitro groups is 1. The number of nitrogens with zero attached hydrogens (tertiary/aromatic N) is 2. The van der Waals surface area contributed by atoms with Crippen LogP contribution in [0.3, 0.4) is 0 Å². The SMILES string of the molecule is CCCOC(=O)C1=C(C)NC(C)=C(C(=O)OCCCCCCOc2cc(CC)[nH]n2)C1c1cccc([N+](=O)[O-])c1. The smallest absolute Gasteiger partial charge is 0.336 e. The van der Waals surface area contributed by atoms with Crippen LogP contribution in [-0.4, -0.2) is 46.9 Å². The highest BCUT2D eigenvalue weighted by Crippen LogP contribution is 2.40. The zero-order chi connectivity index (χ0) is 29.1. The normalized spacial score (nSPS) is 15.1. The van der Waals surface area contributed by atoms with Crippen LogP contribution in [0.15, 0.2) is 52.9 Å². The number of aryl methyl sites for hydroxylation is 1. The van der Waals surface area contributed by atoms with Crippen molar-refractivity contribution < 1.29 is 28.7 Å². The first-order valence-electron chi connectivity index (χ1n) is 13.7. The Morgan fingerprint density at radius 1 is 0.950 bits per heavy atom. The van der Waals surface area contributed by atoms with Gasteiger partial charge in [0.05, 0.1) is 41.8 Å². The highest BCUT2D eigenvalue weighted by molar-refractivity contribution is 6.00. The monoisotopic (exact) mass is 554 g/mol. The van der Waals surface area contributed by atoms with E-state index in [-0.39, 0.29) is 30.0 Å². The number of carbonyl (C=O) groups excluding carboxylic acids is 2. The Morgan fingerprint density at radius 3 is 2.20 bits per heavy atom. The molecule has 3 rings (SSSR count). The zero-order valence-corrected chi connectivity index (χ0v) is 23.6. The average molecular weight is 555 g/mol. The number of nitro benzene ring substituents is 1. The summed E-state index contributed by atoms with van der Waals surface area (Å²) in [4.78, 5) is 37.4. The largest absolute Gasteiger partial charge is 0.477 e. The standard InChI is InChI=1S/C29H38N4O7/c1-5-14-39-28(34)25-19(3)30-20(4)26(27(25)21-12-11-13-23(17-21)33(36)37)29(35)40-16-10-8-7-9-15-38-24-18-22(6-2)31-32-24/h11-13,17-18,27,30H,5-10,14-16H2,1-4H3,(H,31,32). The van der Waals surface area contributed by atoms with Crippen LogP contribution < -0.4 is 10.1 Å². The molecule has 0 radical (unpaired) electrons. The van der Waals surface area contributed by atoms with Crippen molar-refractivity contribution in [3.63, 3.8) is 0 Å². The molecule has 11 nitrogen and oxygen atoms in total. The molecule has 216 valence electrons. The topological polar surface area (TPSA) is 146 Å². The van der Waals surface area contributed by atoms with Crippen molar-refractivity contribution in [2.24, 2.45) is 0 Å². The van der Waals surface area contributed by atoms with Crippen molar-refractivity contribution in [1.82, 2.24) is 15.5 Å². The van der Waals surface area contributed by atoms with E-state index < -0.39 is 22.8 Å². The van der Waals surface area contributed by atoms with Crippen molar-refractivity contribution in [2.45, 2.75) is 72.1 Å². The third-order valence-corrected chi connectivity index (χ3v) is 6.56. The molecule has 0 spiro atoms. The third-order valence-electron chi connectivity index (χ3n) is 6.56. The number of aromatic nitrogens is 2. The predicted molar refractivity (Wildman–Crippen MR) is 149 cm³/mol. The first kappa shape index (κ1) is 30.4. The Hall–Kier alpha value is -4.15. The van der Waals surface area contributed by atoms with Crippen LogP contribution in [-0.2, 0) is 25.5 Å². The summed E-state index contributed by atoms with van der Waals surface area (Å²) in [7, 11) is 0. The van der Waals surface area contributed by atoms with Crippen LogP contribution in [0, 0.1) is 10.1 Å². The number of hydrogen-bond acceptors (Lipinski definition) is 9. The number of esters is 2. The molecular weight excluding hydrogens is 516 g/mol. The van der Waals surface area contributed by atoms with Gasteiger partial charge in [0.1, 0.15) is 0 Å². The molecule has 1 unspecified atom stereocenters. The van der Waals surface area contributed by atoms with Crippen LogP contribution in [0.5, 0.6) is 5.88 Å². The number of dihydropyridines is 1. The van der Waals surface area contributed by atoms with Gasteiger partial charge >= 0.3 is 11.9 Å². The van der Waals surface area contributed by atoms with E-state index in [0.29, 0.717) is 42.3 Å². The molecule has 40 heavy (non-hydrogen) atoms. The molecule has 2 heterocycles. The first-order valence-corrected chi connectivity index (χ1v) is 13.7. The molecule has 0 fully saturated rings. The van der Waals surface area contributed by atoms with E-state index in [2.05, 4.69) is 15.5 Å². The molecule has 11 heteroatoms. The molecule has 2 aromatic rings. The van der Waals surface area contributed by atoms with Gasteiger partial charge in [-0.05, 0) is 57.9 Å². The molecule has 1 aliphatic heterocycles. The number of carbonyl (C=O) groups is 2. The summed E-state index contributed by atoms with van der Waals surface area (Å²) in [5.41, 5.74) is 2.83. The summed E-state index contributed by atoms with van der Waals surface area (Å²) in [6, 6.07) is 7.84. The minimum atomic E-state index is -0.870. The second-order valence-electron chi connectivity index (χ2n) is 9.61. The van der Waals surface area contributed by atoms with E-state index in [9.17, 15) is 19.7 Å². The van der Waals surface area contributed by atoms with Crippen LogP contribution in [0.25, 0.3) is 0 Å². The predicted octanol–water partition coefficient (Wildman–Crippen LogP) is 5.25. The number of allylic oxidation sites excluding steroid dienone is 2. The van der Waals surface area contributed by atoms with E-state index in [1.165, 1.54) is 18.2 Å². The third kappa shape index (κ3) is 7.93. The fraction of sp³-hybridized carbons (Fsp3) is 0.483. The molecule has 1 aromatic heterocycles. The van der Waals surface area contributed by atoms with Gasteiger partial charge in [-0.3, -0.25) is 15.2 Å². The molecule has 1 aliphatic rings. The zero-order valence-electron chi connectivity index (χ0n) is 23.6. The van der Waals surface area contributed by atoms with E-state index in [1.807, 2.05) is 19.9 Å². The summed E-state index contributed by atoms with van der Waals surface area (Å²) >= 11 is 0. The van der Waals surface area contributed by atoms with Crippen molar-refractivity contribution >= 4 is 17.6 Å². The van der Waals surface area contributed by atoms with Gasteiger partial charge in [-0.2, -0.15) is 0 Å². The van der Waals surface area contributed by atoms with E-state index in [1.54, 1.807) is 19.9 Å². The Kier molecular flexibility index (Phi) is 11.3. The number of benzene rings is 1. The lowest BCUT2D eigenvalue weighted by Crippen LogP contribution is -2.32. The minimum absolute atomic E-state index is 0.137. The fourth-order valence-corrected chi connectivity index (χ4v) is 4.53. The molecule has 1 aromatic carbocycles. The number of unbranched alkanes of at least 4 members (excludes halogenated alkanes) is 3. The quantitative estimate of drug-likeness (QED) is 0.130. The number of non-ortho nitro benzene ring substituents is 1. The Balaban J connectivity index is 1.64. The summed E-state index contributed by atoms with van der Waals surface area (Å²) in [6.45, 7) is 8.34. The van der Waals surface area contributed by atoms with Crippen molar-refractivity contribution in [3.05, 3.63) is 74.2 Å². The van der Waals surface area contributed by atoms with Gasteiger partial charge in [0.25, 0.3) is 5.69 Å². The summed E-state index contributed by atoms with van der Waals surface area (Å²) < 4.78 is 16.7. The van der Waals surface area contributed by atoms with Crippen LogP contribution >= 0.6 is 0 Å². The van der Waals surface area contributed by atoms with Gasteiger partial charge in [-0.15, -0.1) is 5.10 Å². The van der Waals surface area contributed by atoms with Gasteiger partial charge in [0.2, 0.25) is 5.88 Å². The second-order valence-corrected chi connectivity index (χ2v) is 9.61. The number of nitrogens with one attached hydrogen (secondary N) is 2. The van der Waals surface area contributed by atoms with Crippen LogP contribution in [0.2, 0.25) is 0 Å². The maximum absolute atomic E-state index is 13.4. The number of rotatable bonds is 15. The highest BCUT2D eigenvalue weighted by Gasteiger charge is 2.38. The number of ether oxygens (including phenoxy) is 3. The Bertz CT molecular complexity index is 1260. The molecule has 2 N–H and O–H groups in total. The molecule has 0 bridgehead atoms. The van der Waals surface area contributed by atoms with Gasteiger partial charge < -0.3 is 19.5 Å². The Labute approximate surface area is 234 Å². The number of hydrogen-bond donors (Lipinski definition) is 2. The molecule has 0 saturated heterocycles. The summed E-state index contributed by atoms with van der Waals surface area (Å²) in [5, 5.41) is 21.6.